The summed E-state index contributed by atoms with van der Waals surface area (Å²) in [5.74, 6) is 0.0176. The number of hydrogen-bond donors (Lipinski definition) is 2. The molecule has 1 aromatic heterocycles. The topological polar surface area (TPSA) is 89.1 Å². The molecule has 1 heterocycles. The molecular formula is C20H28O6. The van der Waals surface area contributed by atoms with Crippen molar-refractivity contribution in [1.82, 2.24) is 0 Å². The third kappa shape index (κ3) is 4.91. The summed E-state index contributed by atoms with van der Waals surface area (Å²) >= 11 is 0. The van der Waals surface area contributed by atoms with E-state index in [0.29, 0.717) is 30.6 Å². The predicted molar refractivity (Wildman–Crippen MR) is 100 cm³/mol. The number of benzene rings is 1. The Hall–Kier alpha value is -2.21. The third-order valence-electron chi connectivity index (χ3n) is 4.26. The molecule has 0 radical (unpaired) electrons. The molecule has 0 fully saturated rings. The number of aliphatic hydroxyl groups excluding tert-OH is 1. The van der Waals surface area contributed by atoms with Gasteiger partial charge in [-0.25, -0.2) is 4.79 Å². The molecule has 0 bridgehead atoms. The summed E-state index contributed by atoms with van der Waals surface area (Å²) in [7, 11) is 0. The van der Waals surface area contributed by atoms with E-state index in [1.807, 2.05) is 6.92 Å². The van der Waals surface area contributed by atoms with Gasteiger partial charge in [-0.3, -0.25) is 0 Å². The van der Waals surface area contributed by atoms with Crippen molar-refractivity contribution in [2.24, 2.45) is 0 Å². The van der Waals surface area contributed by atoms with Crippen LogP contribution in [0.15, 0.2) is 27.4 Å². The van der Waals surface area contributed by atoms with E-state index in [1.54, 1.807) is 18.2 Å². The lowest BCUT2D eigenvalue weighted by Crippen LogP contribution is -2.19. The minimum Gasteiger partial charge on any atom is -0.503 e. The fourth-order valence-electron chi connectivity index (χ4n) is 2.75. The van der Waals surface area contributed by atoms with Crippen LogP contribution in [0.1, 0.15) is 52.4 Å². The van der Waals surface area contributed by atoms with Crippen LogP contribution < -0.4 is 15.1 Å². The van der Waals surface area contributed by atoms with Crippen LogP contribution in [0.4, 0.5) is 0 Å². The zero-order chi connectivity index (χ0) is 18.9. The highest BCUT2D eigenvalue weighted by molar-refractivity contribution is 5.91. The zero-order valence-corrected chi connectivity index (χ0v) is 15.5. The van der Waals surface area contributed by atoms with Gasteiger partial charge in [-0.2, -0.15) is 0 Å². The van der Waals surface area contributed by atoms with Crippen molar-refractivity contribution < 1.29 is 24.1 Å². The van der Waals surface area contributed by atoms with Gasteiger partial charge >= 0.3 is 5.63 Å². The van der Waals surface area contributed by atoms with E-state index >= 15 is 0 Å². The van der Waals surface area contributed by atoms with E-state index < -0.39 is 5.63 Å². The van der Waals surface area contributed by atoms with E-state index in [9.17, 15) is 9.90 Å². The van der Waals surface area contributed by atoms with Crippen molar-refractivity contribution in [3.8, 4) is 17.2 Å². The SMILES string of the molecule is CCCCC(CC)Oc1c(O)c2c(OCCCCO)cccc2oc1=O. The monoisotopic (exact) mass is 364 g/mol. The molecule has 6 heteroatoms. The van der Waals surface area contributed by atoms with Crippen LogP contribution in [-0.2, 0) is 0 Å². The molecule has 1 atom stereocenters. The van der Waals surface area contributed by atoms with Gasteiger partial charge in [-0.05, 0) is 37.8 Å². The molecule has 2 rings (SSSR count). The van der Waals surface area contributed by atoms with Gasteiger partial charge in [0.25, 0.3) is 0 Å². The molecule has 0 saturated heterocycles. The fourth-order valence-corrected chi connectivity index (χ4v) is 2.75. The molecular weight excluding hydrogens is 336 g/mol. The lowest BCUT2D eigenvalue weighted by Gasteiger charge is -2.18. The maximum atomic E-state index is 12.3. The summed E-state index contributed by atoms with van der Waals surface area (Å²) in [4.78, 5) is 12.3. The number of unbranched alkanes of at least 4 members (excludes halogenated alkanes) is 2. The van der Waals surface area contributed by atoms with Crippen LogP contribution in [0.5, 0.6) is 17.2 Å². The van der Waals surface area contributed by atoms with Gasteiger partial charge in [0.1, 0.15) is 16.7 Å². The van der Waals surface area contributed by atoms with Crippen molar-refractivity contribution >= 4 is 11.0 Å². The Morgan fingerprint density at radius 3 is 2.69 bits per heavy atom. The first-order valence-corrected chi connectivity index (χ1v) is 9.31. The Kier molecular flexibility index (Phi) is 7.78. The lowest BCUT2D eigenvalue weighted by molar-refractivity contribution is 0.170. The Morgan fingerprint density at radius 2 is 2.00 bits per heavy atom. The van der Waals surface area contributed by atoms with E-state index in [0.717, 1.165) is 25.7 Å². The van der Waals surface area contributed by atoms with Crippen LogP contribution in [-0.4, -0.2) is 29.5 Å². The van der Waals surface area contributed by atoms with Gasteiger partial charge < -0.3 is 24.1 Å². The number of rotatable bonds is 11. The van der Waals surface area contributed by atoms with Gasteiger partial charge in [0.05, 0.1) is 12.7 Å². The number of hydrogen-bond acceptors (Lipinski definition) is 6. The molecule has 0 saturated carbocycles. The molecule has 26 heavy (non-hydrogen) atoms. The Bertz CT molecular complexity index is 752. The van der Waals surface area contributed by atoms with Crippen molar-refractivity contribution in [3.63, 3.8) is 0 Å². The van der Waals surface area contributed by atoms with Crippen molar-refractivity contribution in [1.29, 1.82) is 0 Å². The molecule has 0 aliphatic heterocycles. The van der Waals surface area contributed by atoms with Gasteiger partial charge in [0, 0.05) is 6.61 Å². The first kappa shape index (κ1) is 20.1. The normalized spacial score (nSPS) is 12.3. The highest BCUT2D eigenvalue weighted by Crippen LogP contribution is 2.38. The lowest BCUT2D eigenvalue weighted by atomic mass is 10.1. The third-order valence-corrected chi connectivity index (χ3v) is 4.26. The zero-order valence-electron chi connectivity index (χ0n) is 15.5. The number of aliphatic hydroxyl groups is 1. The maximum absolute atomic E-state index is 12.3. The molecule has 144 valence electrons. The Balaban J connectivity index is 2.34. The van der Waals surface area contributed by atoms with E-state index in [-0.39, 0.29) is 29.8 Å². The molecule has 6 nitrogen and oxygen atoms in total. The highest BCUT2D eigenvalue weighted by atomic mass is 16.5. The quantitative estimate of drug-likeness (QED) is 0.463. The van der Waals surface area contributed by atoms with Crippen LogP contribution in [0.25, 0.3) is 11.0 Å². The van der Waals surface area contributed by atoms with E-state index in [2.05, 4.69) is 6.92 Å². The van der Waals surface area contributed by atoms with Crippen molar-refractivity contribution in [2.75, 3.05) is 13.2 Å². The van der Waals surface area contributed by atoms with Crippen LogP contribution in [0.2, 0.25) is 0 Å². The summed E-state index contributed by atoms with van der Waals surface area (Å²) in [5, 5.41) is 19.9. The molecule has 2 N–H and O–H groups in total. The number of aromatic hydroxyl groups is 1. The smallest absolute Gasteiger partial charge is 0.383 e. The van der Waals surface area contributed by atoms with E-state index in [4.69, 9.17) is 19.0 Å². The van der Waals surface area contributed by atoms with Gasteiger partial charge in [0.2, 0.25) is 5.75 Å². The molecule has 0 aliphatic rings. The molecule has 1 unspecified atom stereocenters. The molecule has 2 aromatic rings. The van der Waals surface area contributed by atoms with Crippen molar-refractivity contribution in [2.45, 2.75) is 58.5 Å². The fraction of sp³-hybridized carbons (Fsp3) is 0.550. The second-order valence-corrected chi connectivity index (χ2v) is 6.27. The number of fused-ring (bicyclic) bond motifs is 1. The summed E-state index contributed by atoms with van der Waals surface area (Å²) in [6, 6.07) is 5.01. The van der Waals surface area contributed by atoms with Gasteiger partial charge in [0.15, 0.2) is 5.75 Å². The van der Waals surface area contributed by atoms with Crippen LogP contribution >= 0.6 is 0 Å². The summed E-state index contributed by atoms with van der Waals surface area (Å²) in [5.41, 5.74) is -0.441. The average Bonchev–Trinajstić information content (AvgIpc) is 2.64. The molecule has 0 aliphatic carbocycles. The van der Waals surface area contributed by atoms with Crippen LogP contribution in [0, 0.1) is 0 Å². The summed E-state index contributed by atoms with van der Waals surface area (Å²) < 4.78 is 16.8. The van der Waals surface area contributed by atoms with Crippen LogP contribution in [0.3, 0.4) is 0 Å². The Morgan fingerprint density at radius 1 is 1.19 bits per heavy atom. The minimum atomic E-state index is -0.692. The second kappa shape index (κ2) is 10.1. The number of ether oxygens (including phenoxy) is 2. The molecule has 0 amide bonds. The first-order valence-electron chi connectivity index (χ1n) is 9.31. The highest BCUT2D eigenvalue weighted by Gasteiger charge is 2.21. The largest absolute Gasteiger partial charge is 0.503 e. The Labute approximate surface area is 153 Å². The second-order valence-electron chi connectivity index (χ2n) is 6.27. The summed E-state index contributed by atoms with van der Waals surface area (Å²) in [6.07, 6.45) is 4.72. The van der Waals surface area contributed by atoms with E-state index in [1.165, 1.54) is 0 Å². The molecule has 0 spiro atoms. The summed E-state index contributed by atoms with van der Waals surface area (Å²) in [6.45, 7) is 4.57. The average molecular weight is 364 g/mol. The predicted octanol–water partition coefficient (Wildman–Crippen LogP) is 4.00. The van der Waals surface area contributed by atoms with Gasteiger partial charge in [-0.1, -0.05) is 32.8 Å². The minimum absolute atomic E-state index is 0.104. The van der Waals surface area contributed by atoms with Gasteiger partial charge in [-0.15, -0.1) is 0 Å². The standard InChI is InChI=1S/C20H28O6/c1-3-5-9-14(4-2)25-19-18(22)17-15(24-13-7-6-12-21)10-8-11-16(17)26-20(19)23/h8,10-11,14,21-22H,3-7,9,12-13H2,1-2H3. The maximum Gasteiger partial charge on any atom is 0.383 e. The first-order chi connectivity index (χ1) is 12.6. The molecule has 1 aromatic carbocycles. The van der Waals surface area contributed by atoms with Crippen molar-refractivity contribution in [3.05, 3.63) is 28.6 Å².